The molecular weight excluding hydrogens is 273 g/mol. The van der Waals surface area contributed by atoms with Gasteiger partial charge in [-0.15, -0.1) is 0 Å². The molecule has 1 aromatic rings. The molecule has 1 aliphatic heterocycles. The summed E-state index contributed by atoms with van der Waals surface area (Å²) in [4.78, 5) is 13.7. The minimum absolute atomic E-state index is 0.0146. The van der Waals surface area contributed by atoms with E-state index < -0.39 is 5.60 Å². The average molecular weight is 295 g/mol. The molecule has 1 fully saturated rings. The summed E-state index contributed by atoms with van der Waals surface area (Å²) in [5, 5.41) is 10.4. The van der Waals surface area contributed by atoms with Crippen LogP contribution in [0, 0.1) is 5.82 Å². The number of aliphatic hydroxyl groups is 1. The molecule has 1 aromatic carbocycles. The lowest BCUT2D eigenvalue weighted by atomic mass is 9.94. The molecule has 0 aliphatic carbocycles. The van der Waals surface area contributed by atoms with Gasteiger partial charge in [-0.2, -0.15) is 0 Å². The van der Waals surface area contributed by atoms with Gasteiger partial charge in [0.2, 0.25) is 5.91 Å². The van der Waals surface area contributed by atoms with E-state index in [1.54, 1.807) is 24.1 Å². The molecule has 21 heavy (non-hydrogen) atoms. The van der Waals surface area contributed by atoms with E-state index >= 15 is 0 Å². The van der Waals surface area contributed by atoms with Crippen LogP contribution in [-0.2, 0) is 16.0 Å². The van der Waals surface area contributed by atoms with Crippen molar-refractivity contribution in [1.82, 2.24) is 4.90 Å². The van der Waals surface area contributed by atoms with Gasteiger partial charge in [0, 0.05) is 46.1 Å². The second kappa shape index (κ2) is 7.00. The van der Waals surface area contributed by atoms with Crippen LogP contribution in [0.15, 0.2) is 24.3 Å². The molecule has 4 nitrogen and oxygen atoms in total. The zero-order chi connectivity index (χ0) is 15.3. The molecule has 116 valence electrons. The summed E-state index contributed by atoms with van der Waals surface area (Å²) in [6.07, 6.45) is 2.05. The number of benzene rings is 1. The smallest absolute Gasteiger partial charge is 0.222 e. The number of nitrogens with zero attached hydrogens (tertiary/aromatic N) is 1. The minimum Gasteiger partial charge on any atom is -0.388 e. The Bertz CT molecular complexity index is 469. The highest BCUT2D eigenvalue weighted by molar-refractivity contribution is 5.76. The van der Waals surface area contributed by atoms with Gasteiger partial charge in [-0.25, -0.2) is 4.39 Å². The third kappa shape index (κ3) is 4.79. The maximum atomic E-state index is 12.8. The Morgan fingerprint density at radius 2 is 1.95 bits per heavy atom. The molecule has 1 amide bonds. The Kier molecular flexibility index (Phi) is 5.31. The number of ether oxygens (including phenoxy) is 1. The fourth-order valence-corrected chi connectivity index (χ4v) is 2.53. The van der Waals surface area contributed by atoms with Gasteiger partial charge in [0.15, 0.2) is 0 Å². The van der Waals surface area contributed by atoms with Gasteiger partial charge < -0.3 is 14.7 Å². The van der Waals surface area contributed by atoms with Crippen molar-refractivity contribution < 1.29 is 19.0 Å². The van der Waals surface area contributed by atoms with Crippen LogP contribution < -0.4 is 0 Å². The van der Waals surface area contributed by atoms with Gasteiger partial charge in [0.25, 0.3) is 0 Å². The van der Waals surface area contributed by atoms with Crippen LogP contribution in [0.25, 0.3) is 0 Å². The lowest BCUT2D eigenvalue weighted by molar-refractivity contribution is -0.136. The van der Waals surface area contributed by atoms with Gasteiger partial charge in [-0.05, 0) is 24.1 Å². The molecule has 0 aromatic heterocycles. The first kappa shape index (κ1) is 15.9. The number of rotatable bonds is 5. The predicted molar refractivity (Wildman–Crippen MR) is 77.4 cm³/mol. The van der Waals surface area contributed by atoms with Crippen molar-refractivity contribution in [3.05, 3.63) is 35.6 Å². The highest BCUT2D eigenvalue weighted by Gasteiger charge is 2.32. The number of amides is 1. The van der Waals surface area contributed by atoms with Gasteiger partial charge in [-0.3, -0.25) is 4.79 Å². The van der Waals surface area contributed by atoms with Crippen molar-refractivity contribution in [2.75, 3.05) is 26.8 Å². The average Bonchev–Trinajstić information content (AvgIpc) is 2.46. The van der Waals surface area contributed by atoms with E-state index in [0.29, 0.717) is 45.4 Å². The highest BCUT2D eigenvalue weighted by atomic mass is 19.1. The first-order valence-corrected chi connectivity index (χ1v) is 7.27. The third-order valence-electron chi connectivity index (χ3n) is 3.92. The van der Waals surface area contributed by atoms with Crippen molar-refractivity contribution in [2.45, 2.75) is 31.3 Å². The minimum atomic E-state index is -0.835. The SMILES string of the molecule is CN(CC1(O)CCOCC1)C(=O)CCc1ccc(F)cc1. The Labute approximate surface area is 124 Å². The topological polar surface area (TPSA) is 49.8 Å². The number of aryl methyl sites for hydroxylation is 1. The van der Waals surface area contributed by atoms with Crippen LogP contribution in [-0.4, -0.2) is 48.3 Å². The van der Waals surface area contributed by atoms with E-state index in [-0.39, 0.29) is 11.7 Å². The summed E-state index contributed by atoms with van der Waals surface area (Å²) in [5.74, 6) is -0.289. The lowest BCUT2D eigenvalue weighted by Crippen LogP contribution is -2.47. The van der Waals surface area contributed by atoms with Crippen LogP contribution in [0.5, 0.6) is 0 Å². The lowest BCUT2D eigenvalue weighted by Gasteiger charge is -2.35. The zero-order valence-electron chi connectivity index (χ0n) is 12.3. The van der Waals surface area contributed by atoms with Gasteiger partial charge in [-0.1, -0.05) is 12.1 Å². The molecule has 0 unspecified atom stereocenters. The number of halogens is 1. The second-order valence-corrected chi connectivity index (χ2v) is 5.71. The summed E-state index contributed by atoms with van der Waals surface area (Å²) < 4.78 is 18.0. The molecule has 1 saturated heterocycles. The Morgan fingerprint density at radius 3 is 2.57 bits per heavy atom. The van der Waals surface area contributed by atoms with Crippen LogP contribution in [0.4, 0.5) is 4.39 Å². The first-order valence-electron chi connectivity index (χ1n) is 7.27. The van der Waals surface area contributed by atoms with E-state index in [0.717, 1.165) is 5.56 Å². The van der Waals surface area contributed by atoms with Crippen molar-refractivity contribution in [2.24, 2.45) is 0 Å². The molecule has 1 aliphatic rings. The molecule has 0 bridgehead atoms. The standard InChI is InChI=1S/C16H22FNO3/c1-18(12-16(20)8-10-21-11-9-16)15(19)7-4-13-2-5-14(17)6-3-13/h2-3,5-6,20H,4,7-12H2,1H3. The maximum absolute atomic E-state index is 12.8. The van der Waals surface area contributed by atoms with E-state index in [1.165, 1.54) is 12.1 Å². The fraction of sp³-hybridized carbons (Fsp3) is 0.562. The van der Waals surface area contributed by atoms with Crippen LogP contribution in [0.3, 0.4) is 0 Å². The Morgan fingerprint density at radius 1 is 1.33 bits per heavy atom. The number of carbonyl (C=O) groups is 1. The van der Waals surface area contributed by atoms with E-state index in [4.69, 9.17) is 4.74 Å². The van der Waals surface area contributed by atoms with E-state index in [2.05, 4.69) is 0 Å². The maximum Gasteiger partial charge on any atom is 0.222 e. The molecule has 1 N–H and O–H groups in total. The van der Waals surface area contributed by atoms with Crippen molar-refractivity contribution >= 4 is 5.91 Å². The molecule has 0 spiro atoms. The van der Waals surface area contributed by atoms with Crippen molar-refractivity contribution in [1.29, 1.82) is 0 Å². The number of likely N-dealkylation sites (N-methyl/N-ethyl adjacent to an activating group) is 1. The third-order valence-corrected chi connectivity index (χ3v) is 3.92. The van der Waals surface area contributed by atoms with E-state index in [9.17, 15) is 14.3 Å². The molecule has 2 rings (SSSR count). The molecule has 0 saturated carbocycles. The Balaban J connectivity index is 1.80. The summed E-state index contributed by atoms with van der Waals surface area (Å²) >= 11 is 0. The quantitative estimate of drug-likeness (QED) is 0.900. The van der Waals surface area contributed by atoms with Crippen molar-refractivity contribution in [3.8, 4) is 0 Å². The van der Waals surface area contributed by atoms with E-state index in [1.807, 2.05) is 0 Å². The number of hydrogen-bond acceptors (Lipinski definition) is 3. The summed E-state index contributed by atoms with van der Waals surface area (Å²) in [6.45, 7) is 1.40. The summed E-state index contributed by atoms with van der Waals surface area (Å²) in [5.41, 5.74) is 0.0985. The number of carbonyl (C=O) groups excluding carboxylic acids is 1. The summed E-state index contributed by atoms with van der Waals surface area (Å²) in [7, 11) is 1.71. The molecular formula is C16H22FNO3. The van der Waals surface area contributed by atoms with Crippen molar-refractivity contribution in [3.63, 3.8) is 0 Å². The molecule has 5 heteroatoms. The highest BCUT2D eigenvalue weighted by Crippen LogP contribution is 2.21. The second-order valence-electron chi connectivity index (χ2n) is 5.71. The largest absolute Gasteiger partial charge is 0.388 e. The predicted octanol–water partition coefficient (Wildman–Crippen LogP) is 1.76. The summed E-state index contributed by atoms with van der Waals surface area (Å²) in [6, 6.07) is 6.17. The molecule has 0 atom stereocenters. The first-order chi connectivity index (χ1) is 9.98. The normalized spacial score (nSPS) is 17.5. The number of hydrogen-bond donors (Lipinski definition) is 1. The van der Waals surface area contributed by atoms with Crippen LogP contribution in [0.1, 0.15) is 24.8 Å². The monoisotopic (exact) mass is 295 g/mol. The van der Waals surface area contributed by atoms with Crippen LogP contribution in [0.2, 0.25) is 0 Å². The van der Waals surface area contributed by atoms with Gasteiger partial charge >= 0.3 is 0 Å². The van der Waals surface area contributed by atoms with Gasteiger partial charge in [0.05, 0.1) is 5.60 Å². The molecule has 0 radical (unpaired) electrons. The fourth-order valence-electron chi connectivity index (χ4n) is 2.53. The Hall–Kier alpha value is -1.46. The van der Waals surface area contributed by atoms with Gasteiger partial charge in [0.1, 0.15) is 5.82 Å². The molecule has 1 heterocycles. The zero-order valence-corrected chi connectivity index (χ0v) is 12.3. The van der Waals surface area contributed by atoms with Crippen LogP contribution >= 0.6 is 0 Å².